The maximum absolute atomic E-state index is 12.8. The van der Waals surface area contributed by atoms with E-state index in [4.69, 9.17) is 4.74 Å². The Bertz CT molecular complexity index is 615. The molecule has 0 aliphatic heterocycles. The first-order chi connectivity index (χ1) is 9.92. The molecule has 0 aliphatic carbocycles. The van der Waals surface area contributed by atoms with Crippen LogP contribution in [0.25, 0.3) is 0 Å². The number of hydrogen-bond acceptors (Lipinski definition) is 4. The molecule has 0 amide bonds. The number of benzene rings is 1. The minimum Gasteiger partial charge on any atom is -0.439 e. The molecule has 0 saturated carbocycles. The minimum absolute atomic E-state index is 0.0977. The molecule has 0 fully saturated rings. The Morgan fingerprint density at radius 3 is 2.33 bits per heavy atom. The largest absolute Gasteiger partial charge is 0.439 e. The van der Waals surface area contributed by atoms with Crippen molar-refractivity contribution in [2.24, 2.45) is 0 Å². The molecule has 1 heterocycles. The van der Waals surface area contributed by atoms with E-state index in [-0.39, 0.29) is 11.7 Å². The van der Waals surface area contributed by atoms with Crippen LogP contribution < -0.4 is 10.1 Å². The number of thioether (sulfide) groups is 1. The van der Waals surface area contributed by atoms with Gasteiger partial charge >= 0.3 is 6.18 Å². The summed E-state index contributed by atoms with van der Waals surface area (Å²) < 4.78 is 43.8. The smallest absolute Gasteiger partial charge is 0.416 e. The number of ether oxygens (including phenoxy) is 1. The second-order valence-corrected chi connectivity index (χ2v) is 4.98. The highest BCUT2D eigenvalue weighted by Gasteiger charge is 2.32. The van der Waals surface area contributed by atoms with Crippen LogP contribution in [-0.4, -0.2) is 18.3 Å². The Kier molecular flexibility index (Phi) is 4.62. The van der Waals surface area contributed by atoms with Crippen molar-refractivity contribution in [3.63, 3.8) is 0 Å². The quantitative estimate of drug-likeness (QED) is 0.833. The molecular formula is C14H13F3N2OS. The molecule has 2 rings (SSSR count). The molecule has 0 unspecified atom stereocenters. The van der Waals surface area contributed by atoms with Gasteiger partial charge in [0.1, 0.15) is 11.6 Å². The summed E-state index contributed by atoms with van der Waals surface area (Å²) in [6.45, 7) is 0. The lowest BCUT2D eigenvalue weighted by Gasteiger charge is -2.12. The monoisotopic (exact) mass is 314 g/mol. The lowest BCUT2D eigenvalue weighted by Crippen LogP contribution is -2.07. The average molecular weight is 314 g/mol. The zero-order valence-corrected chi connectivity index (χ0v) is 12.2. The van der Waals surface area contributed by atoms with E-state index in [0.29, 0.717) is 5.75 Å². The lowest BCUT2D eigenvalue weighted by atomic mass is 10.2. The van der Waals surface area contributed by atoms with Gasteiger partial charge in [0.2, 0.25) is 5.88 Å². The predicted octanol–water partition coefficient (Wildman–Crippen LogP) is 4.66. The van der Waals surface area contributed by atoms with Crippen molar-refractivity contribution >= 4 is 17.6 Å². The molecule has 1 aromatic carbocycles. The topological polar surface area (TPSA) is 34.1 Å². The van der Waals surface area contributed by atoms with Crippen LogP contribution in [0.1, 0.15) is 5.56 Å². The van der Waals surface area contributed by atoms with Crippen molar-refractivity contribution in [3.8, 4) is 11.6 Å². The van der Waals surface area contributed by atoms with E-state index >= 15 is 0 Å². The SMILES string of the molecule is CNc1cc(C(F)(F)F)cc(Oc2ccc(SC)cc2)n1. The molecule has 7 heteroatoms. The molecule has 1 aromatic heterocycles. The number of alkyl halides is 3. The van der Waals surface area contributed by atoms with Gasteiger partial charge in [-0.25, -0.2) is 0 Å². The molecule has 112 valence electrons. The van der Waals surface area contributed by atoms with Crippen LogP contribution in [-0.2, 0) is 6.18 Å². The molecule has 0 aliphatic rings. The van der Waals surface area contributed by atoms with Gasteiger partial charge in [0.05, 0.1) is 5.56 Å². The van der Waals surface area contributed by atoms with E-state index in [1.54, 1.807) is 23.9 Å². The fourth-order valence-corrected chi connectivity index (χ4v) is 2.02. The maximum atomic E-state index is 12.8. The molecule has 0 saturated heterocycles. The molecule has 0 bridgehead atoms. The van der Waals surface area contributed by atoms with Gasteiger partial charge in [0, 0.05) is 18.0 Å². The number of anilines is 1. The minimum atomic E-state index is -4.45. The van der Waals surface area contributed by atoms with Gasteiger partial charge < -0.3 is 10.1 Å². The summed E-state index contributed by atoms with van der Waals surface area (Å²) in [6.07, 6.45) is -2.52. The molecule has 3 nitrogen and oxygen atoms in total. The second kappa shape index (κ2) is 6.26. The van der Waals surface area contributed by atoms with Gasteiger partial charge in [-0.15, -0.1) is 11.8 Å². The number of aromatic nitrogens is 1. The van der Waals surface area contributed by atoms with E-state index in [1.807, 2.05) is 18.4 Å². The molecular weight excluding hydrogens is 301 g/mol. The summed E-state index contributed by atoms with van der Waals surface area (Å²) in [5.41, 5.74) is -0.808. The second-order valence-electron chi connectivity index (χ2n) is 4.10. The van der Waals surface area contributed by atoms with Gasteiger partial charge in [-0.05, 0) is 36.6 Å². The summed E-state index contributed by atoms with van der Waals surface area (Å²) in [5.74, 6) is 0.424. The van der Waals surface area contributed by atoms with Crippen LogP contribution in [0.2, 0.25) is 0 Å². The predicted molar refractivity (Wildman–Crippen MR) is 77.1 cm³/mol. The Labute approximate surface area is 124 Å². The van der Waals surface area contributed by atoms with E-state index in [2.05, 4.69) is 10.3 Å². The summed E-state index contributed by atoms with van der Waals surface area (Å²) in [4.78, 5) is 5.00. The lowest BCUT2D eigenvalue weighted by molar-refractivity contribution is -0.137. The van der Waals surface area contributed by atoms with Crippen LogP contribution >= 0.6 is 11.8 Å². The van der Waals surface area contributed by atoms with Crippen molar-refractivity contribution < 1.29 is 17.9 Å². The van der Waals surface area contributed by atoms with E-state index in [1.165, 1.54) is 7.05 Å². The highest BCUT2D eigenvalue weighted by atomic mass is 32.2. The molecule has 0 radical (unpaired) electrons. The number of hydrogen-bond donors (Lipinski definition) is 1. The third-order valence-corrected chi connectivity index (χ3v) is 3.41. The summed E-state index contributed by atoms with van der Waals surface area (Å²) in [7, 11) is 1.50. The average Bonchev–Trinajstić information content (AvgIpc) is 2.46. The fraction of sp³-hybridized carbons (Fsp3) is 0.214. The Morgan fingerprint density at radius 1 is 1.14 bits per heavy atom. The van der Waals surface area contributed by atoms with Crippen molar-refractivity contribution in [1.82, 2.24) is 4.98 Å². The van der Waals surface area contributed by atoms with Gasteiger partial charge in [-0.3, -0.25) is 0 Å². The molecule has 1 N–H and O–H groups in total. The van der Waals surface area contributed by atoms with Crippen LogP contribution in [0, 0.1) is 0 Å². The number of rotatable bonds is 4. The van der Waals surface area contributed by atoms with E-state index in [9.17, 15) is 13.2 Å². The van der Waals surface area contributed by atoms with Gasteiger partial charge in [-0.2, -0.15) is 18.2 Å². The van der Waals surface area contributed by atoms with E-state index in [0.717, 1.165) is 17.0 Å². The van der Waals surface area contributed by atoms with Crippen LogP contribution in [0.3, 0.4) is 0 Å². The number of nitrogens with zero attached hydrogens (tertiary/aromatic N) is 1. The van der Waals surface area contributed by atoms with Gasteiger partial charge in [0.15, 0.2) is 0 Å². The number of halogens is 3. The first kappa shape index (κ1) is 15.5. The Balaban J connectivity index is 2.29. The summed E-state index contributed by atoms with van der Waals surface area (Å²) >= 11 is 1.57. The number of pyridine rings is 1. The van der Waals surface area contributed by atoms with Crippen LogP contribution in [0.15, 0.2) is 41.3 Å². The van der Waals surface area contributed by atoms with Gasteiger partial charge in [-0.1, -0.05) is 0 Å². The number of nitrogens with one attached hydrogen (secondary N) is 1. The fourth-order valence-electron chi connectivity index (χ4n) is 1.61. The van der Waals surface area contributed by atoms with Crippen molar-refractivity contribution in [1.29, 1.82) is 0 Å². The molecule has 2 aromatic rings. The third kappa shape index (κ3) is 4.04. The first-order valence-electron chi connectivity index (χ1n) is 6.01. The standard InChI is InChI=1S/C14H13F3N2OS/c1-18-12-7-9(14(15,16)17)8-13(19-12)20-10-3-5-11(21-2)6-4-10/h3-8H,1-2H3,(H,18,19). The third-order valence-electron chi connectivity index (χ3n) is 2.67. The highest BCUT2D eigenvalue weighted by molar-refractivity contribution is 7.98. The zero-order valence-electron chi connectivity index (χ0n) is 11.4. The van der Waals surface area contributed by atoms with Crippen molar-refractivity contribution in [3.05, 3.63) is 42.0 Å². The Hall–Kier alpha value is -1.89. The van der Waals surface area contributed by atoms with E-state index < -0.39 is 11.7 Å². The van der Waals surface area contributed by atoms with Crippen molar-refractivity contribution in [2.75, 3.05) is 18.6 Å². The Morgan fingerprint density at radius 2 is 1.81 bits per heavy atom. The highest BCUT2D eigenvalue weighted by Crippen LogP contribution is 2.33. The molecule has 21 heavy (non-hydrogen) atoms. The van der Waals surface area contributed by atoms with Gasteiger partial charge in [0.25, 0.3) is 0 Å². The van der Waals surface area contributed by atoms with Crippen LogP contribution in [0.5, 0.6) is 11.6 Å². The zero-order chi connectivity index (χ0) is 15.5. The molecule has 0 spiro atoms. The summed E-state index contributed by atoms with van der Waals surface area (Å²) in [5, 5.41) is 2.59. The summed E-state index contributed by atoms with van der Waals surface area (Å²) in [6, 6.07) is 8.84. The first-order valence-corrected chi connectivity index (χ1v) is 7.24. The van der Waals surface area contributed by atoms with Crippen molar-refractivity contribution in [2.45, 2.75) is 11.1 Å². The molecule has 0 atom stereocenters. The normalized spacial score (nSPS) is 11.3. The van der Waals surface area contributed by atoms with Crippen LogP contribution in [0.4, 0.5) is 19.0 Å². The maximum Gasteiger partial charge on any atom is 0.416 e.